The summed E-state index contributed by atoms with van der Waals surface area (Å²) in [7, 11) is 0. The van der Waals surface area contributed by atoms with Crippen LogP contribution in [-0.4, -0.2) is 11.7 Å². The summed E-state index contributed by atoms with van der Waals surface area (Å²) in [5.41, 5.74) is 2.60. The fourth-order valence-electron chi connectivity index (χ4n) is 1.84. The first-order valence-electron chi connectivity index (χ1n) is 5.46. The third-order valence-electron chi connectivity index (χ3n) is 2.89. The first-order valence-corrected chi connectivity index (χ1v) is 5.46. The molecule has 0 aromatic heterocycles. The molecule has 0 amide bonds. The van der Waals surface area contributed by atoms with Gasteiger partial charge in [0.05, 0.1) is 0 Å². The number of hydrogen-bond donors (Lipinski definition) is 1. The van der Waals surface area contributed by atoms with Crippen LogP contribution < -0.4 is 4.74 Å². The van der Waals surface area contributed by atoms with Crippen LogP contribution in [-0.2, 0) is 0 Å². The first-order chi connectivity index (χ1) is 8.24. The largest absolute Gasteiger partial charge is 0.489 e. The minimum Gasteiger partial charge on any atom is -0.489 e. The number of allylic oxidation sites excluding steroid dienone is 1. The molecule has 2 nitrogen and oxygen atoms in total. The number of hydrogen-bond acceptors (Lipinski definition) is 2. The lowest BCUT2D eigenvalue weighted by molar-refractivity contribution is 0.213. The second-order valence-corrected chi connectivity index (χ2v) is 3.94. The van der Waals surface area contributed by atoms with E-state index in [0.717, 1.165) is 22.5 Å². The molecule has 1 heterocycles. The molecule has 86 valence electrons. The summed E-state index contributed by atoms with van der Waals surface area (Å²) in [4.78, 5) is 0. The number of fused-ring (bicyclic) bond motifs is 1. The van der Waals surface area contributed by atoms with Gasteiger partial charge in [0.2, 0.25) is 0 Å². The Morgan fingerprint density at radius 2 is 2.24 bits per heavy atom. The zero-order chi connectivity index (χ0) is 12.3. The minimum absolute atomic E-state index is 0.429. The lowest BCUT2D eigenvalue weighted by Gasteiger charge is -2.12. The topological polar surface area (TPSA) is 29.5 Å². The molecule has 2 heteroatoms. The molecule has 1 aromatic rings. The Morgan fingerprint density at radius 3 is 3.00 bits per heavy atom. The molecule has 0 aliphatic carbocycles. The fraction of sp³-hybridized carbons (Fsp3) is 0.200. The summed E-state index contributed by atoms with van der Waals surface area (Å²) < 4.78 is 5.66. The van der Waals surface area contributed by atoms with Crippen molar-refractivity contribution in [3.05, 3.63) is 53.1 Å². The van der Waals surface area contributed by atoms with E-state index in [0.29, 0.717) is 6.61 Å². The van der Waals surface area contributed by atoms with Gasteiger partial charge < -0.3 is 9.84 Å². The third kappa shape index (κ3) is 2.25. The molecule has 0 saturated heterocycles. The Labute approximate surface area is 101 Å². The zero-order valence-corrected chi connectivity index (χ0v) is 9.68. The van der Waals surface area contributed by atoms with Crippen LogP contribution in [0.3, 0.4) is 0 Å². The lowest BCUT2D eigenvalue weighted by atomic mass is 9.99. The van der Waals surface area contributed by atoms with E-state index in [1.165, 1.54) is 0 Å². The van der Waals surface area contributed by atoms with Gasteiger partial charge in [-0.05, 0) is 36.3 Å². The monoisotopic (exact) mass is 226 g/mol. The van der Waals surface area contributed by atoms with Gasteiger partial charge in [0.15, 0.2) is 0 Å². The van der Waals surface area contributed by atoms with Gasteiger partial charge >= 0.3 is 0 Å². The number of rotatable bonds is 1. The summed E-state index contributed by atoms with van der Waals surface area (Å²) >= 11 is 0. The van der Waals surface area contributed by atoms with Gasteiger partial charge in [-0.15, -0.1) is 6.42 Å². The molecule has 1 aliphatic heterocycles. The molecule has 0 radical (unpaired) electrons. The maximum absolute atomic E-state index is 10.3. The number of aliphatic hydroxyl groups excluding tert-OH is 1. The van der Waals surface area contributed by atoms with E-state index in [2.05, 4.69) is 5.92 Å². The Hall–Kier alpha value is -1.98. The molecular weight excluding hydrogens is 212 g/mol. The highest BCUT2D eigenvalue weighted by Crippen LogP contribution is 2.34. The van der Waals surface area contributed by atoms with Gasteiger partial charge in [-0.1, -0.05) is 24.1 Å². The second-order valence-electron chi connectivity index (χ2n) is 3.94. The third-order valence-corrected chi connectivity index (χ3v) is 2.89. The average molecular weight is 226 g/mol. The molecular formula is C15H14O2. The Morgan fingerprint density at radius 1 is 1.47 bits per heavy atom. The summed E-state index contributed by atoms with van der Waals surface area (Å²) in [6.45, 7) is 2.32. The van der Waals surface area contributed by atoms with Crippen LogP contribution in [0, 0.1) is 12.3 Å². The average Bonchev–Trinajstić information content (AvgIpc) is 2.48. The first kappa shape index (κ1) is 11.5. The normalized spacial score (nSPS) is 19.5. The zero-order valence-electron chi connectivity index (χ0n) is 9.68. The van der Waals surface area contributed by atoms with Crippen molar-refractivity contribution in [3.63, 3.8) is 0 Å². The van der Waals surface area contributed by atoms with E-state index >= 15 is 0 Å². The van der Waals surface area contributed by atoms with Crippen molar-refractivity contribution in [2.24, 2.45) is 0 Å². The minimum atomic E-state index is -0.633. The van der Waals surface area contributed by atoms with Gasteiger partial charge in [0, 0.05) is 5.56 Å². The van der Waals surface area contributed by atoms with Gasteiger partial charge in [-0.2, -0.15) is 0 Å². The molecule has 0 fully saturated rings. The highest BCUT2D eigenvalue weighted by molar-refractivity contribution is 5.44. The SMILES string of the molecule is C#C/C=C\C1=C(C)C(O)c2ccccc2OC1. The van der Waals surface area contributed by atoms with Gasteiger partial charge in [-0.25, -0.2) is 0 Å². The van der Waals surface area contributed by atoms with Crippen LogP contribution in [0.1, 0.15) is 18.6 Å². The van der Waals surface area contributed by atoms with Gasteiger partial charge in [0.25, 0.3) is 0 Å². The maximum atomic E-state index is 10.3. The van der Waals surface area contributed by atoms with Crippen molar-refractivity contribution in [1.29, 1.82) is 0 Å². The van der Waals surface area contributed by atoms with E-state index in [-0.39, 0.29) is 0 Å². The maximum Gasteiger partial charge on any atom is 0.125 e. The molecule has 1 aromatic carbocycles. The van der Waals surface area contributed by atoms with Crippen LogP contribution in [0.4, 0.5) is 0 Å². The predicted molar refractivity (Wildman–Crippen MR) is 67.6 cm³/mol. The lowest BCUT2D eigenvalue weighted by Crippen LogP contribution is -2.00. The van der Waals surface area contributed by atoms with Gasteiger partial charge in [-0.3, -0.25) is 0 Å². The molecule has 1 unspecified atom stereocenters. The molecule has 2 rings (SSSR count). The van der Waals surface area contributed by atoms with Gasteiger partial charge in [0.1, 0.15) is 18.5 Å². The number of terminal acetylenes is 1. The van der Waals surface area contributed by atoms with E-state index in [4.69, 9.17) is 11.2 Å². The van der Waals surface area contributed by atoms with Crippen LogP contribution in [0.2, 0.25) is 0 Å². The van der Waals surface area contributed by atoms with Crippen LogP contribution >= 0.6 is 0 Å². The number of benzene rings is 1. The smallest absolute Gasteiger partial charge is 0.125 e. The second kappa shape index (κ2) is 4.90. The van der Waals surface area contributed by atoms with Crippen molar-refractivity contribution >= 4 is 0 Å². The molecule has 0 saturated carbocycles. The van der Waals surface area contributed by atoms with Crippen molar-refractivity contribution in [1.82, 2.24) is 0 Å². The van der Waals surface area contributed by atoms with E-state index < -0.39 is 6.10 Å². The Kier molecular flexibility index (Phi) is 3.32. The molecule has 0 spiro atoms. The number of aliphatic hydroxyl groups is 1. The molecule has 0 bridgehead atoms. The Balaban J connectivity index is 2.42. The van der Waals surface area contributed by atoms with Crippen molar-refractivity contribution in [2.75, 3.05) is 6.61 Å². The highest BCUT2D eigenvalue weighted by atomic mass is 16.5. The number of para-hydroxylation sites is 1. The highest BCUT2D eigenvalue weighted by Gasteiger charge is 2.20. The summed E-state index contributed by atoms with van der Waals surface area (Å²) in [6.07, 6.45) is 7.98. The standard InChI is InChI=1S/C15H14O2/c1-3-4-7-12-10-17-14-9-6-5-8-13(14)15(16)11(12)2/h1,4-9,15-16H,10H2,2H3/b7-4-. The van der Waals surface area contributed by atoms with Crippen molar-refractivity contribution in [2.45, 2.75) is 13.0 Å². The molecule has 1 N–H and O–H groups in total. The van der Waals surface area contributed by atoms with E-state index in [1.807, 2.05) is 37.3 Å². The van der Waals surface area contributed by atoms with Crippen LogP contribution in [0.15, 0.2) is 47.6 Å². The molecule has 1 atom stereocenters. The summed E-state index contributed by atoms with van der Waals surface area (Å²) in [6, 6.07) is 7.52. The van der Waals surface area contributed by atoms with E-state index in [9.17, 15) is 5.11 Å². The fourth-order valence-corrected chi connectivity index (χ4v) is 1.84. The molecule has 17 heavy (non-hydrogen) atoms. The van der Waals surface area contributed by atoms with Crippen LogP contribution in [0.5, 0.6) is 5.75 Å². The summed E-state index contributed by atoms with van der Waals surface area (Å²) in [5.74, 6) is 3.17. The number of ether oxygens (including phenoxy) is 1. The predicted octanol–water partition coefficient (Wildman–Crippen LogP) is 2.62. The van der Waals surface area contributed by atoms with Crippen LogP contribution in [0.25, 0.3) is 0 Å². The Bertz CT molecular complexity index is 518. The summed E-state index contributed by atoms with van der Waals surface area (Å²) in [5, 5.41) is 10.3. The quantitative estimate of drug-likeness (QED) is 0.746. The van der Waals surface area contributed by atoms with E-state index in [1.54, 1.807) is 6.08 Å². The van der Waals surface area contributed by atoms with Crippen molar-refractivity contribution in [3.8, 4) is 18.1 Å². The molecule has 1 aliphatic rings. The van der Waals surface area contributed by atoms with Crippen molar-refractivity contribution < 1.29 is 9.84 Å².